The molecule has 1 aromatic heterocycles. The van der Waals surface area contributed by atoms with Gasteiger partial charge in [0, 0.05) is 21.5 Å². The van der Waals surface area contributed by atoms with Crippen LogP contribution < -0.4 is 9.88 Å². The summed E-state index contributed by atoms with van der Waals surface area (Å²) in [6, 6.07) is 27.1. The first-order chi connectivity index (χ1) is 16.0. The number of aromatic nitrogens is 1. The van der Waals surface area contributed by atoms with Gasteiger partial charge in [-0.1, -0.05) is 88.8 Å². The van der Waals surface area contributed by atoms with Gasteiger partial charge in [-0.05, 0) is 35.0 Å². The molecule has 0 spiro atoms. The number of nitrogens with one attached hydrogen (secondary N) is 2. The van der Waals surface area contributed by atoms with Crippen molar-refractivity contribution in [2.24, 2.45) is 0 Å². The number of pyridine rings is 1. The van der Waals surface area contributed by atoms with Gasteiger partial charge in [-0.3, -0.25) is 5.41 Å². The zero-order valence-corrected chi connectivity index (χ0v) is 20.0. The molecular weight excluding hydrogens is 494 g/mol. The second-order valence-electron chi connectivity index (χ2n) is 8.12. The minimum absolute atomic E-state index is 0.321. The summed E-state index contributed by atoms with van der Waals surface area (Å²) < 4.78 is 2.98. The molecule has 0 unspecified atom stereocenters. The lowest BCUT2D eigenvalue weighted by molar-refractivity contribution is -0.742. The van der Waals surface area contributed by atoms with E-state index in [1.807, 2.05) is 89.8 Å². The van der Waals surface area contributed by atoms with E-state index in [9.17, 15) is 5.11 Å². The van der Waals surface area contributed by atoms with E-state index in [1.54, 1.807) is 0 Å². The fraction of sp³-hybridized carbons (Fsp3) is 0.111. The minimum Gasteiger partial charge on any atom is -0.362 e. The third kappa shape index (κ3) is 3.81. The van der Waals surface area contributed by atoms with E-state index >= 15 is 0 Å². The summed E-state index contributed by atoms with van der Waals surface area (Å²) in [5, 5.41) is 25.6. The van der Waals surface area contributed by atoms with Crippen molar-refractivity contribution in [3.05, 3.63) is 118 Å². The molecular formula is C27H21BrN3OS+. The van der Waals surface area contributed by atoms with Crippen LogP contribution in [0.3, 0.4) is 0 Å². The van der Waals surface area contributed by atoms with Gasteiger partial charge >= 0.3 is 0 Å². The number of hydrogen-bond donors (Lipinski definition) is 3. The van der Waals surface area contributed by atoms with E-state index in [2.05, 4.69) is 39.2 Å². The minimum atomic E-state index is -1.51. The van der Waals surface area contributed by atoms with Crippen molar-refractivity contribution in [1.29, 1.82) is 5.41 Å². The maximum absolute atomic E-state index is 12.3. The molecule has 0 saturated carbocycles. The summed E-state index contributed by atoms with van der Waals surface area (Å²) in [7, 11) is 0. The van der Waals surface area contributed by atoms with Crippen molar-refractivity contribution in [2.45, 2.75) is 17.7 Å². The molecule has 3 aromatic carbocycles. The fourth-order valence-electron chi connectivity index (χ4n) is 4.65. The van der Waals surface area contributed by atoms with Crippen molar-refractivity contribution in [3.63, 3.8) is 0 Å². The van der Waals surface area contributed by atoms with E-state index in [-0.39, 0.29) is 0 Å². The molecule has 4 nitrogen and oxygen atoms in total. The van der Waals surface area contributed by atoms with E-state index in [1.165, 1.54) is 0 Å². The molecule has 4 aromatic rings. The molecule has 33 heavy (non-hydrogen) atoms. The molecule has 0 radical (unpaired) electrons. The van der Waals surface area contributed by atoms with Crippen LogP contribution in [0.4, 0.5) is 0 Å². The van der Waals surface area contributed by atoms with Gasteiger partial charge < -0.3 is 10.4 Å². The van der Waals surface area contributed by atoms with Crippen LogP contribution in [0, 0.1) is 5.41 Å². The Kier molecular flexibility index (Phi) is 5.69. The molecule has 1 aliphatic heterocycles. The van der Waals surface area contributed by atoms with Gasteiger partial charge in [0.05, 0.1) is 11.5 Å². The van der Waals surface area contributed by atoms with Crippen LogP contribution in [0.25, 0.3) is 10.8 Å². The second kappa shape index (κ2) is 8.65. The molecule has 6 heteroatoms. The molecule has 3 N–H and O–H groups in total. The first kappa shape index (κ1) is 21.7. The summed E-state index contributed by atoms with van der Waals surface area (Å²) in [6.07, 6.45) is 4.02. The highest BCUT2D eigenvalue weighted by Gasteiger charge is 2.56. The normalized spacial score (nSPS) is 22.6. The highest BCUT2D eigenvalue weighted by molar-refractivity contribution is 9.10. The molecule has 0 amide bonds. The van der Waals surface area contributed by atoms with Gasteiger partial charge in [0.25, 0.3) is 0 Å². The Balaban J connectivity index is 1.80. The third-order valence-electron chi connectivity index (χ3n) is 6.21. The first-order valence-corrected chi connectivity index (χ1v) is 11.8. The SMILES string of the molecule is N=C=C1C(=S)N[C@@](O)(c2ccccc2)[C@H]([n+]2ccc3ccccc3c2)[C@H]1c1ccc(Br)cc1. The predicted octanol–water partition coefficient (Wildman–Crippen LogP) is 5.17. The molecule has 1 aliphatic rings. The maximum atomic E-state index is 12.3. The van der Waals surface area contributed by atoms with Crippen molar-refractivity contribution in [2.75, 3.05) is 0 Å². The monoisotopic (exact) mass is 514 g/mol. The van der Waals surface area contributed by atoms with Crippen molar-refractivity contribution < 1.29 is 9.67 Å². The number of rotatable bonds is 3. The average Bonchev–Trinajstić information content (AvgIpc) is 2.84. The second-order valence-corrected chi connectivity index (χ2v) is 9.44. The number of thiocarbonyl (C=S) groups is 1. The largest absolute Gasteiger partial charge is 0.362 e. The third-order valence-corrected chi connectivity index (χ3v) is 7.06. The van der Waals surface area contributed by atoms with Crippen LogP contribution >= 0.6 is 28.1 Å². The number of fused-ring (bicyclic) bond motifs is 1. The Morgan fingerprint density at radius 1 is 0.939 bits per heavy atom. The number of aliphatic hydroxyl groups is 1. The van der Waals surface area contributed by atoms with Crippen LogP contribution in [0.5, 0.6) is 0 Å². The lowest BCUT2D eigenvalue weighted by Gasteiger charge is -2.43. The number of benzene rings is 3. The van der Waals surface area contributed by atoms with E-state index < -0.39 is 17.7 Å². The number of hydrogen-bond acceptors (Lipinski definition) is 3. The van der Waals surface area contributed by atoms with E-state index in [0.29, 0.717) is 16.1 Å². The Morgan fingerprint density at radius 2 is 1.61 bits per heavy atom. The van der Waals surface area contributed by atoms with Gasteiger partial charge in [0.15, 0.2) is 12.4 Å². The average molecular weight is 515 g/mol. The van der Waals surface area contributed by atoms with E-state index in [4.69, 9.17) is 17.6 Å². The van der Waals surface area contributed by atoms with Crippen LogP contribution in [0.15, 0.2) is 107 Å². The highest BCUT2D eigenvalue weighted by Crippen LogP contribution is 2.45. The zero-order valence-electron chi connectivity index (χ0n) is 17.6. The van der Waals surface area contributed by atoms with Crippen LogP contribution in [-0.4, -0.2) is 16.0 Å². The first-order valence-electron chi connectivity index (χ1n) is 10.6. The molecule has 0 bridgehead atoms. The van der Waals surface area contributed by atoms with Crippen LogP contribution in [-0.2, 0) is 5.72 Å². The smallest absolute Gasteiger partial charge is 0.227 e. The van der Waals surface area contributed by atoms with Crippen molar-refractivity contribution in [1.82, 2.24) is 5.32 Å². The van der Waals surface area contributed by atoms with Gasteiger partial charge in [-0.2, -0.15) is 4.57 Å². The Labute approximate surface area is 205 Å². The lowest BCUT2D eigenvalue weighted by Crippen LogP contribution is -2.65. The van der Waals surface area contributed by atoms with Gasteiger partial charge in [-0.25, -0.2) is 0 Å². The van der Waals surface area contributed by atoms with E-state index in [0.717, 1.165) is 20.8 Å². The summed E-state index contributed by atoms with van der Waals surface area (Å²) in [5.41, 5.74) is 0.670. The highest BCUT2D eigenvalue weighted by atomic mass is 79.9. The maximum Gasteiger partial charge on any atom is 0.227 e. The number of nitrogens with zero attached hydrogens (tertiary/aromatic N) is 1. The van der Waals surface area contributed by atoms with Crippen LogP contribution in [0.2, 0.25) is 0 Å². The standard InChI is InChI=1S/C27H20BrN3OS/c28-22-12-10-19(11-13-22)24-23(16-29)26(33)30-27(32,21-8-2-1-3-9-21)25(24)31-15-14-18-6-4-5-7-20(18)17-31/h1-15,17,24-25,29,32H/p+1/t24-,25+,27+/m0/s1. The quantitative estimate of drug-likeness (QED) is 0.153. The van der Waals surface area contributed by atoms with Crippen molar-refractivity contribution >= 4 is 49.8 Å². The van der Waals surface area contributed by atoms with Gasteiger partial charge in [0.2, 0.25) is 11.8 Å². The molecule has 162 valence electrons. The molecule has 2 heterocycles. The summed E-state index contributed by atoms with van der Waals surface area (Å²) >= 11 is 9.16. The molecule has 5 rings (SSSR count). The fourth-order valence-corrected chi connectivity index (χ4v) is 5.25. The number of piperidine rings is 1. The topological polar surface area (TPSA) is 60.0 Å². The Hall–Kier alpha value is -3.15. The zero-order chi connectivity index (χ0) is 23.0. The molecule has 1 saturated heterocycles. The van der Waals surface area contributed by atoms with Crippen LogP contribution in [0.1, 0.15) is 23.1 Å². The summed E-state index contributed by atoms with van der Waals surface area (Å²) in [6.45, 7) is 0. The van der Waals surface area contributed by atoms with Crippen molar-refractivity contribution in [3.8, 4) is 0 Å². The summed E-state index contributed by atoms with van der Waals surface area (Å²) in [4.78, 5) is 0.321. The lowest BCUT2D eigenvalue weighted by atomic mass is 9.74. The summed E-state index contributed by atoms with van der Waals surface area (Å²) in [5.74, 6) is 2.17. The molecule has 1 fully saturated rings. The van der Waals surface area contributed by atoms with Gasteiger partial charge in [0.1, 0.15) is 4.99 Å². The van der Waals surface area contributed by atoms with Gasteiger partial charge in [-0.15, -0.1) is 0 Å². The molecule has 0 aliphatic carbocycles. The Bertz CT molecular complexity index is 1400. The Morgan fingerprint density at radius 3 is 2.30 bits per heavy atom. The predicted molar refractivity (Wildman–Crippen MR) is 137 cm³/mol. The molecule has 3 atom stereocenters. The number of halogens is 1.